The molecular weight excluding hydrogens is 368 g/mol. The smallest absolute Gasteiger partial charge is 0.338 e. The second-order valence-corrected chi connectivity index (χ2v) is 7.22. The van der Waals surface area contributed by atoms with Crippen molar-refractivity contribution < 1.29 is 19.1 Å². The number of para-hydroxylation sites is 1. The van der Waals surface area contributed by atoms with E-state index in [9.17, 15) is 14.4 Å². The van der Waals surface area contributed by atoms with Gasteiger partial charge < -0.3 is 15.0 Å². The Morgan fingerprint density at radius 1 is 1.17 bits per heavy atom. The van der Waals surface area contributed by atoms with Gasteiger partial charge in [-0.1, -0.05) is 38.1 Å². The average molecular weight is 394 g/mol. The molecule has 3 rings (SSSR count). The van der Waals surface area contributed by atoms with Crippen molar-refractivity contribution in [1.82, 2.24) is 0 Å². The second-order valence-electron chi connectivity index (χ2n) is 7.22. The van der Waals surface area contributed by atoms with Gasteiger partial charge in [0.15, 0.2) is 6.61 Å². The van der Waals surface area contributed by atoms with E-state index in [0.717, 1.165) is 24.1 Å². The molecule has 1 aliphatic rings. The summed E-state index contributed by atoms with van der Waals surface area (Å²) >= 11 is 0. The number of benzene rings is 2. The molecule has 0 bridgehead atoms. The summed E-state index contributed by atoms with van der Waals surface area (Å²) in [7, 11) is 0. The third-order valence-corrected chi connectivity index (χ3v) is 5.18. The predicted molar refractivity (Wildman–Crippen MR) is 112 cm³/mol. The molecule has 6 nitrogen and oxygen atoms in total. The van der Waals surface area contributed by atoms with E-state index in [0.29, 0.717) is 30.1 Å². The van der Waals surface area contributed by atoms with Gasteiger partial charge in [-0.15, -0.1) is 0 Å². The van der Waals surface area contributed by atoms with E-state index in [1.54, 1.807) is 29.2 Å². The van der Waals surface area contributed by atoms with Crippen LogP contribution in [0.25, 0.3) is 0 Å². The van der Waals surface area contributed by atoms with Gasteiger partial charge in [-0.2, -0.15) is 0 Å². The maximum Gasteiger partial charge on any atom is 0.338 e. The zero-order valence-corrected chi connectivity index (χ0v) is 16.8. The number of ether oxygens (including phenoxy) is 1. The molecule has 1 N–H and O–H groups in total. The summed E-state index contributed by atoms with van der Waals surface area (Å²) in [5.41, 5.74) is 2.78. The molecule has 0 aliphatic carbocycles. The molecule has 1 saturated heterocycles. The first-order valence-electron chi connectivity index (χ1n) is 9.96. The first kappa shape index (κ1) is 20.6. The van der Waals surface area contributed by atoms with E-state index in [2.05, 4.69) is 19.2 Å². The minimum Gasteiger partial charge on any atom is -0.452 e. The Labute approximate surface area is 170 Å². The van der Waals surface area contributed by atoms with Crippen molar-refractivity contribution in [2.24, 2.45) is 0 Å². The van der Waals surface area contributed by atoms with E-state index in [-0.39, 0.29) is 18.4 Å². The molecule has 1 heterocycles. The van der Waals surface area contributed by atoms with Gasteiger partial charge in [-0.25, -0.2) is 4.79 Å². The van der Waals surface area contributed by atoms with E-state index >= 15 is 0 Å². The number of nitrogens with zero attached hydrogens (tertiary/aromatic N) is 1. The third-order valence-electron chi connectivity index (χ3n) is 5.18. The highest BCUT2D eigenvalue weighted by atomic mass is 16.5. The molecule has 0 spiro atoms. The topological polar surface area (TPSA) is 75.7 Å². The largest absolute Gasteiger partial charge is 0.452 e. The number of hydrogen-bond donors (Lipinski definition) is 1. The molecule has 6 heteroatoms. The number of carbonyl (C=O) groups is 3. The van der Waals surface area contributed by atoms with Crippen molar-refractivity contribution in [2.45, 2.75) is 39.0 Å². The fourth-order valence-corrected chi connectivity index (χ4v) is 3.38. The van der Waals surface area contributed by atoms with Gasteiger partial charge in [0.2, 0.25) is 5.91 Å². The highest BCUT2D eigenvalue weighted by Crippen LogP contribution is 2.26. The molecule has 1 atom stereocenters. The van der Waals surface area contributed by atoms with Crippen molar-refractivity contribution >= 4 is 29.2 Å². The summed E-state index contributed by atoms with van der Waals surface area (Å²) in [6, 6.07) is 14.4. The summed E-state index contributed by atoms with van der Waals surface area (Å²) in [5, 5.41) is 2.83. The fraction of sp³-hybridized carbons (Fsp3) is 0.348. The van der Waals surface area contributed by atoms with Crippen molar-refractivity contribution in [3.8, 4) is 0 Å². The maximum atomic E-state index is 12.4. The molecule has 1 aliphatic heterocycles. The summed E-state index contributed by atoms with van der Waals surface area (Å²) in [6.07, 6.45) is 2.29. The van der Waals surface area contributed by atoms with Crippen LogP contribution in [0.3, 0.4) is 0 Å². The Morgan fingerprint density at radius 3 is 2.69 bits per heavy atom. The zero-order valence-electron chi connectivity index (χ0n) is 16.8. The molecule has 152 valence electrons. The summed E-state index contributed by atoms with van der Waals surface area (Å²) in [5.74, 6) is -0.621. The van der Waals surface area contributed by atoms with Crippen molar-refractivity contribution in [1.29, 1.82) is 0 Å². The molecule has 0 aromatic heterocycles. The Bertz CT molecular complexity index is 909. The SMILES string of the molecule is CC[C@@H](C)c1ccccc1NC(=O)COC(=O)c1cccc(N2CCCC2=O)c1. The second kappa shape index (κ2) is 9.37. The number of nitrogens with one attached hydrogen (secondary N) is 1. The van der Waals surface area contributed by atoms with Crippen LogP contribution in [0.5, 0.6) is 0 Å². The van der Waals surface area contributed by atoms with Crippen LogP contribution in [0.1, 0.15) is 54.9 Å². The van der Waals surface area contributed by atoms with Crippen LogP contribution in [-0.2, 0) is 14.3 Å². The molecular formula is C23H26N2O4. The number of anilines is 2. The van der Waals surface area contributed by atoms with Gasteiger partial charge in [0, 0.05) is 24.3 Å². The minimum absolute atomic E-state index is 0.0508. The van der Waals surface area contributed by atoms with Gasteiger partial charge in [0.05, 0.1) is 5.56 Å². The lowest BCUT2D eigenvalue weighted by Crippen LogP contribution is -2.24. The Balaban J connectivity index is 1.60. The number of carbonyl (C=O) groups excluding carboxylic acids is 3. The normalized spacial score (nSPS) is 14.6. The monoisotopic (exact) mass is 394 g/mol. The third kappa shape index (κ3) is 5.02. The first-order chi connectivity index (χ1) is 14.0. The minimum atomic E-state index is -0.594. The molecule has 29 heavy (non-hydrogen) atoms. The lowest BCUT2D eigenvalue weighted by Gasteiger charge is -2.16. The Hall–Kier alpha value is -3.15. The van der Waals surface area contributed by atoms with Gasteiger partial charge in [0.25, 0.3) is 5.91 Å². The standard InChI is InChI=1S/C23H26N2O4/c1-3-16(2)19-10-4-5-11-20(19)24-21(26)15-29-23(28)17-8-6-9-18(14-17)25-13-7-12-22(25)27/h4-6,8-11,14,16H,3,7,12-13,15H2,1-2H3,(H,24,26)/t16-/m1/s1. The first-order valence-corrected chi connectivity index (χ1v) is 9.96. The lowest BCUT2D eigenvalue weighted by molar-refractivity contribution is -0.119. The molecule has 1 fully saturated rings. The lowest BCUT2D eigenvalue weighted by atomic mass is 9.97. The fourth-order valence-electron chi connectivity index (χ4n) is 3.38. The summed E-state index contributed by atoms with van der Waals surface area (Å²) in [6.45, 7) is 4.47. The highest BCUT2D eigenvalue weighted by Gasteiger charge is 2.22. The number of esters is 1. The number of rotatable bonds is 7. The molecule has 2 amide bonds. The molecule has 0 radical (unpaired) electrons. The van der Waals surface area contributed by atoms with Crippen LogP contribution >= 0.6 is 0 Å². The number of hydrogen-bond acceptors (Lipinski definition) is 4. The van der Waals surface area contributed by atoms with Crippen LogP contribution in [0.2, 0.25) is 0 Å². The van der Waals surface area contributed by atoms with E-state index in [1.807, 2.05) is 24.3 Å². The van der Waals surface area contributed by atoms with Crippen molar-refractivity contribution in [2.75, 3.05) is 23.4 Å². The van der Waals surface area contributed by atoms with Gasteiger partial charge in [0.1, 0.15) is 0 Å². The van der Waals surface area contributed by atoms with Gasteiger partial charge >= 0.3 is 5.97 Å². The predicted octanol–water partition coefficient (Wildman–Crippen LogP) is 4.12. The van der Waals surface area contributed by atoms with Crippen LogP contribution < -0.4 is 10.2 Å². The van der Waals surface area contributed by atoms with Crippen LogP contribution in [-0.4, -0.2) is 30.9 Å². The van der Waals surface area contributed by atoms with E-state index < -0.39 is 5.97 Å². The molecule has 2 aromatic carbocycles. The van der Waals surface area contributed by atoms with Crippen molar-refractivity contribution in [3.05, 3.63) is 59.7 Å². The van der Waals surface area contributed by atoms with Crippen molar-refractivity contribution in [3.63, 3.8) is 0 Å². The summed E-state index contributed by atoms with van der Waals surface area (Å²) in [4.78, 5) is 38.2. The van der Waals surface area contributed by atoms with Gasteiger partial charge in [-0.05, 0) is 48.6 Å². The van der Waals surface area contributed by atoms with E-state index in [1.165, 1.54) is 0 Å². The Morgan fingerprint density at radius 2 is 1.97 bits per heavy atom. The quantitative estimate of drug-likeness (QED) is 0.717. The van der Waals surface area contributed by atoms with Gasteiger partial charge in [-0.3, -0.25) is 9.59 Å². The van der Waals surface area contributed by atoms with Crippen LogP contribution in [0.15, 0.2) is 48.5 Å². The molecule has 0 unspecified atom stereocenters. The van der Waals surface area contributed by atoms with Crippen LogP contribution in [0, 0.1) is 0 Å². The average Bonchev–Trinajstić information content (AvgIpc) is 3.18. The molecule has 0 saturated carbocycles. The number of amides is 2. The van der Waals surface area contributed by atoms with E-state index in [4.69, 9.17) is 4.74 Å². The van der Waals surface area contributed by atoms with Crippen LogP contribution in [0.4, 0.5) is 11.4 Å². The Kier molecular flexibility index (Phi) is 6.65. The maximum absolute atomic E-state index is 12.4. The summed E-state index contributed by atoms with van der Waals surface area (Å²) < 4.78 is 5.18. The molecule has 2 aromatic rings. The zero-order chi connectivity index (χ0) is 20.8. The highest BCUT2D eigenvalue weighted by molar-refractivity contribution is 5.98.